The van der Waals surface area contributed by atoms with Gasteiger partial charge in [0.15, 0.2) is 0 Å². The molecule has 2 saturated carbocycles. The van der Waals surface area contributed by atoms with Crippen LogP contribution < -0.4 is 0 Å². The second kappa shape index (κ2) is 3.85. The zero-order chi connectivity index (χ0) is 12.0. The first kappa shape index (κ1) is 12.1. The molecule has 2 rings (SSSR count). The molecule has 0 unspecified atom stereocenters. The standard InChI is InChI=1S/C15H26O/c1-11(2)12-7-9-14(3)8-5-6-13(16)15(14,4)10-12/h11-12H,5-10H2,1-4H3/t12-,14+,15-/m0/s1. The van der Waals surface area contributed by atoms with E-state index in [1.54, 1.807) is 0 Å². The highest BCUT2D eigenvalue weighted by Crippen LogP contribution is 2.59. The quantitative estimate of drug-likeness (QED) is 0.649. The Kier molecular flexibility index (Phi) is 2.92. The van der Waals surface area contributed by atoms with Crippen LogP contribution in [0.3, 0.4) is 0 Å². The summed E-state index contributed by atoms with van der Waals surface area (Å²) in [6, 6.07) is 0. The van der Waals surface area contributed by atoms with Crippen LogP contribution in [0.25, 0.3) is 0 Å². The van der Waals surface area contributed by atoms with Gasteiger partial charge in [0, 0.05) is 11.8 Å². The van der Waals surface area contributed by atoms with Gasteiger partial charge in [-0.2, -0.15) is 0 Å². The van der Waals surface area contributed by atoms with Gasteiger partial charge in [-0.3, -0.25) is 4.79 Å². The number of fused-ring (bicyclic) bond motifs is 1. The van der Waals surface area contributed by atoms with E-state index >= 15 is 0 Å². The lowest BCUT2D eigenvalue weighted by atomic mass is 9.48. The summed E-state index contributed by atoms with van der Waals surface area (Å²) >= 11 is 0. The highest BCUT2D eigenvalue weighted by molar-refractivity contribution is 5.86. The fourth-order valence-corrected chi connectivity index (χ4v) is 3.99. The fraction of sp³-hybridized carbons (Fsp3) is 0.933. The SMILES string of the molecule is CC(C)[C@H]1CC[C@@]2(C)CCCC(=O)[C@]2(C)C1. The largest absolute Gasteiger partial charge is 0.299 e. The minimum absolute atomic E-state index is 0.0154. The summed E-state index contributed by atoms with van der Waals surface area (Å²) in [4.78, 5) is 12.3. The minimum atomic E-state index is -0.0154. The van der Waals surface area contributed by atoms with Gasteiger partial charge in [0.1, 0.15) is 5.78 Å². The van der Waals surface area contributed by atoms with Crippen molar-refractivity contribution >= 4 is 5.78 Å². The summed E-state index contributed by atoms with van der Waals surface area (Å²) in [5.74, 6) is 2.04. The van der Waals surface area contributed by atoms with Crippen molar-refractivity contribution in [2.45, 2.75) is 66.2 Å². The summed E-state index contributed by atoms with van der Waals surface area (Å²) in [6.45, 7) is 9.23. The number of hydrogen-bond acceptors (Lipinski definition) is 1. The molecule has 0 bridgehead atoms. The minimum Gasteiger partial charge on any atom is -0.299 e. The van der Waals surface area contributed by atoms with Gasteiger partial charge in [0.25, 0.3) is 0 Å². The number of ketones is 1. The van der Waals surface area contributed by atoms with Gasteiger partial charge in [-0.15, -0.1) is 0 Å². The van der Waals surface area contributed by atoms with Crippen LogP contribution in [0.5, 0.6) is 0 Å². The predicted molar refractivity (Wildman–Crippen MR) is 67.3 cm³/mol. The van der Waals surface area contributed by atoms with Crippen LogP contribution in [0.4, 0.5) is 0 Å². The predicted octanol–water partition coefficient (Wildman–Crippen LogP) is 4.21. The van der Waals surface area contributed by atoms with Crippen molar-refractivity contribution in [3.05, 3.63) is 0 Å². The van der Waals surface area contributed by atoms with Crippen LogP contribution in [0.1, 0.15) is 66.2 Å². The van der Waals surface area contributed by atoms with Crippen molar-refractivity contribution in [2.75, 3.05) is 0 Å². The maximum Gasteiger partial charge on any atom is 0.139 e. The first-order valence-electron chi connectivity index (χ1n) is 6.92. The van der Waals surface area contributed by atoms with E-state index in [1.165, 1.54) is 19.3 Å². The van der Waals surface area contributed by atoms with E-state index in [4.69, 9.17) is 0 Å². The summed E-state index contributed by atoms with van der Waals surface area (Å²) in [5.41, 5.74) is 0.284. The molecule has 2 fully saturated rings. The third-order valence-corrected chi connectivity index (χ3v) is 5.76. The maximum atomic E-state index is 12.3. The molecule has 0 saturated heterocycles. The molecule has 2 aliphatic carbocycles. The van der Waals surface area contributed by atoms with E-state index in [2.05, 4.69) is 27.7 Å². The van der Waals surface area contributed by atoms with Crippen LogP contribution >= 0.6 is 0 Å². The number of carbonyl (C=O) groups excluding carboxylic acids is 1. The highest BCUT2D eigenvalue weighted by atomic mass is 16.1. The third kappa shape index (κ3) is 1.63. The van der Waals surface area contributed by atoms with Crippen LogP contribution in [0.2, 0.25) is 0 Å². The van der Waals surface area contributed by atoms with E-state index < -0.39 is 0 Å². The molecular weight excluding hydrogens is 196 g/mol. The lowest BCUT2D eigenvalue weighted by Gasteiger charge is -2.55. The summed E-state index contributed by atoms with van der Waals surface area (Å²) < 4.78 is 0. The zero-order valence-electron chi connectivity index (χ0n) is 11.3. The molecule has 0 aromatic carbocycles. The van der Waals surface area contributed by atoms with E-state index in [-0.39, 0.29) is 5.41 Å². The Bertz CT molecular complexity index is 294. The van der Waals surface area contributed by atoms with Crippen LogP contribution in [-0.2, 0) is 4.79 Å². The Labute approximate surface area is 100.0 Å². The molecule has 92 valence electrons. The molecule has 0 heterocycles. The molecule has 0 amide bonds. The van der Waals surface area contributed by atoms with E-state index in [9.17, 15) is 4.79 Å². The molecule has 16 heavy (non-hydrogen) atoms. The molecule has 0 spiro atoms. The summed E-state index contributed by atoms with van der Waals surface area (Å²) in [5, 5.41) is 0. The number of rotatable bonds is 1. The Balaban J connectivity index is 2.26. The lowest BCUT2D eigenvalue weighted by Crippen LogP contribution is -2.51. The Hall–Kier alpha value is -0.330. The highest BCUT2D eigenvalue weighted by Gasteiger charge is 2.54. The van der Waals surface area contributed by atoms with Gasteiger partial charge in [0.05, 0.1) is 0 Å². The van der Waals surface area contributed by atoms with E-state index in [1.807, 2.05) is 0 Å². The van der Waals surface area contributed by atoms with Crippen LogP contribution in [-0.4, -0.2) is 5.78 Å². The number of Topliss-reactive ketones (excluding diaryl/α,β-unsaturated/α-hetero) is 1. The second-order valence-corrected chi connectivity index (χ2v) is 6.92. The molecular formula is C15H26O. The maximum absolute atomic E-state index is 12.3. The average Bonchev–Trinajstić information content (AvgIpc) is 2.20. The summed E-state index contributed by atoms with van der Waals surface area (Å²) in [7, 11) is 0. The van der Waals surface area contributed by atoms with E-state index in [0.717, 1.165) is 31.1 Å². The van der Waals surface area contributed by atoms with Crippen molar-refractivity contribution in [1.29, 1.82) is 0 Å². The monoisotopic (exact) mass is 222 g/mol. The molecule has 0 aromatic rings. The molecule has 3 atom stereocenters. The fourth-order valence-electron chi connectivity index (χ4n) is 3.99. The second-order valence-electron chi connectivity index (χ2n) is 6.92. The van der Waals surface area contributed by atoms with Crippen LogP contribution in [0.15, 0.2) is 0 Å². The Morgan fingerprint density at radius 2 is 1.94 bits per heavy atom. The van der Waals surface area contributed by atoms with Gasteiger partial charge < -0.3 is 0 Å². The van der Waals surface area contributed by atoms with Gasteiger partial charge in [0.2, 0.25) is 0 Å². The van der Waals surface area contributed by atoms with Crippen LogP contribution in [0, 0.1) is 22.7 Å². The third-order valence-electron chi connectivity index (χ3n) is 5.76. The van der Waals surface area contributed by atoms with Crippen molar-refractivity contribution in [3.8, 4) is 0 Å². The normalized spacial score (nSPS) is 44.6. The Morgan fingerprint density at radius 3 is 2.56 bits per heavy atom. The molecule has 1 heteroatoms. The number of hydrogen-bond donors (Lipinski definition) is 0. The first-order valence-corrected chi connectivity index (χ1v) is 6.92. The topological polar surface area (TPSA) is 17.1 Å². The van der Waals surface area contributed by atoms with Gasteiger partial charge >= 0.3 is 0 Å². The molecule has 0 radical (unpaired) electrons. The van der Waals surface area contributed by atoms with Crippen molar-refractivity contribution in [2.24, 2.45) is 22.7 Å². The lowest BCUT2D eigenvalue weighted by molar-refractivity contribution is -0.148. The molecule has 0 aromatic heterocycles. The zero-order valence-corrected chi connectivity index (χ0v) is 11.3. The van der Waals surface area contributed by atoms with Crippen molar-refractivity contribution in [1.82, 2.24) is 0 Å². The van der Waals surface area contributed by atoms with E-state index in [0.29, 0.717) is 11.2 Å². The first-order chi connectivity index (χ1) is 7.39. The Morgan fingerprint density at radius 1 is 1.25 bits per heavy atom. The summed E-state index contributed by atoms with van der Waals surface area (Å²) in [6.07, 6.45) is 6.95. The van der Waals surface area contributed by atoms with Crippen molar-refractivity contribution in [3.63, 3.8) is 0 Å². The molecule has 1 nitrogen and oxygen atoms in total. The van der Waals surface area contributed by atoms with Gasteiger partial charge in [-0.25, -0.2) is 0 Å². The smallest absolute Gasteiger partial charge is 0.139 e. The van der Waals surface area contributed by atoms with Gasteiger partial charge in [-0.05, 0) is 49.4 Å². The number of carbonyl (C=O) groups is 1. The molecule has 2 aliphatic rings. The average molecular weight is 222 g/mol. The van der Waals surface area contributed by atoms with Gasteiger partial charge in [-0.1, -0.05) is 27.7 Å². The molecule has 0 N–H and O–H groups in total. The molecule has 0 aliphatic heterocycles. The van der Waals surface area contributed by atoms with Crippen molar-refractivity contribution < 1.29 is 4.79 Å².